The highest BCUT2D eigenvalue weighted by molar-refractivity contribution is 5.81. The Labute approximate surface area is 142 Å². The minimum Gasteiger partial charge on any atom is -0.464 e. The molecule has 0 amide bonds. The molecule has 138 valence electrons. The van der Waals surface area contributed by atoms with Gasteiger partial charge in [0.2, 0.25) is 0 Å². The van der Waals surface area contributed by atoms with Crippen molar-refractivity contribution in [3.63, 3.8) is 0 Å². The fourth-order valence-corrected chi connectivity index (χ4v) is 2.28. The van der Waals surface area contributed by atoms with Crippen molar-refractivity contribution in [2.45, 2.75) is 77.2 Å². The Hall–Kier alpha value is -1.50. The number of imidazole rings is 1. The van der Waals surface area contributed by atoms with Gasteiger partial charge in [0.25, 0.3) is 6.43 Å². The Morgan fingerprint density at radius 1 is 1.33 bits per heavy atom. The number of aromatic nitrogens is 2. The van der Waals surface area contributed by atoms with E-state index in [0.29, 0.717) is 6.42 Å². The molecule has 1 rings (SSSR count). The molecule has 1 aromatic rings. The van der Waals surface area contributed by atoms with E-state index >= 15 is 0 Å². The second-order valence-corrected chi connectivity index (χ2v) is 6.51. The molecule has 0 aliphatic carbocycles. The van der Waals surface area contributed by atoms with Gasteiger partial charge < -0.3 is 15.5 Å². The molecule has 0 spiro atoms. The van der Waals surface area contributed by atoms with Gasteiger partial charge in [-0.25, -0.2) is 18.6 Å². The number of halogens is 2. The topological polar surface area (TPSA) is 81.0 Å². The van der Waals surface area contributed by atoms with Gasteiger partial charge in [-0.05, 0) is 12.3 Å². The predicted molar refractivity (Wildman–Crippen MR) is 89.0 cm³/mol. The van der Waals surface area contributed by atoms with Crippen LogP contribution in [0.4, 0.5) is 8.78 Å². The van der Waals surface area contributed by atoms with Gasteiger partial charge in [0.05, 0.1) is 6.61 Å². The molecule has 5 nitrogen and oxygen atoms in total. The molecule has 0 saturated carbocycles. The van der Waals surface area contributed by atoms with Crippen LogP contribution in [0.5, 0.6) is 0 Å². The third-order valence-corrected chi connectivity index (χ3v) is 3.98. The minimum absolute atomic E-state index is 0.115. The van der Waals surface area contributed by atoms with Crippen LogP contribution in [0.2, 0.25) is 0 Å². The number of nitrogens with zero attached hydrogens (tertiary/aromatic N) is 1. The number of carbonyl (C=O) groups excluding carboxylic acids is 1. The first-order valence-corrected chi connectivity index (χ1v) is 8.59. The Bertz CT molecular complexity index is 506. The Kier molecular flexibility index (Phi) is 8.31. The van der Waals surface area contributed by atoms with Crippen molar-refractivity contribution in [2.75, 3.05) is 6.61 Å². The zero-order chi connectivity index (χ0) is 18.2. The highest BCUT2D eigenvalue weighted by Gasteiger charge is 2.46. The lowest BCUT2D eigenvalue weighted by atomic mass is 9.97. The summed E-state index contributed by atoms with van der Waals surface area (Å²) in [5.41, 5.74) is 4.11. The number of unbranched alkanes of at least 4 members (excludes halogenated alkanes) is 4. The first-order valence-electron chi connectivity index (χ1n) is 8.59. The molecule has 3 N–H and O–H groups in total. The molecule has 1 atom stereocenters. The van der Waals surface area contributed by atoms with Crippen LogP contribution < -0.4 is 5.73 Å². The molecule has 7 heteroatoms. The number of nitrogens with one attached hydrogen (secondary N) is 1. The quantitative estimate of drug-likeness (QED) is 0.475. The lowest BCUT2D eigenvalue weighted by molar-refractivity contribution is -0.156. The van der Waals surface area contributed by atoms with Crippen molar-refractivity contribution < 1.29 is 18.3 Å². The van der Waals surface area contributed by atoms with Crippen molar-refractivity contribution in [3.05, 3.63) is 17.7 Å². The first-order chi connectivity index (χ1) is 11.3. The van der Waals surface area contributed by atoms with E-state index in [2.05, 4.69) is 16.9 Å². The molecular formula is C17H29F2N3O2. The number of H-pyrrole nitrogens is 1. The molecule has 1 heterocycles. The molecule has 0 aromatic carbocycles. The number of carbonyl (C=O) groups is 1. The number of ether oxygens (including phenoxy) is 1. The third-order valence-electron chi connectivity index (χ3n) is 3.98. The van der Waals surface area contributed by atoms with E-state index in [0.717, 1.165) is 31.4 Å². The molecule has 0 aliphatic heterocycles. The summed E-state index contributed by atoms with van der Waals surface area (Å²) in [7, 11) is 0. The largest absolute Gasteiger partial charge is 0.464 e. The van der Waals surface area contributed by atoms with Gasteiger partial charge in [-0.3, -0.25) is 0 Å². The highest BCUT2D eigenvalue weighted by atomic mass is 19.3. The number of alkyl halides is 2. The number of rotatable bonds is 11. The molecule has 0 saturated heterocycles. The summed E-state index contributed by atoms with van der Waals surface area (Å²) in [5, 5.41) is 0. The average molecular weight is 345 g/mol. The van der Waals surface area contributed by atoms with Gasteiger partial charge in [-0.1, -0.05) is 46.5 Å². The van der Waals surface area contributed by atoms with E-state index in [9.17, 15) is 13.6 Å². The average Bonchev–Trinajstić information content (AvgIpc) is 2.98. The summed E-state index contributed by atoms with van der Waals surface area (Å²) < 4.78 is 31.8. The van der Waals surface area contributed by atoms with Crippen LogP contribution in [-0.2, 0) is 16.0 Å². The van der Waals surface area contributed by atoms with Crippen LogP contribution in [0, 0.1) is 0 Å². The van der Waals surface area contributed by atoms with Gasteiger partial charge in [0.15, 0.2) is 5.54 Å². The standard InChI is InChI=1S/C17H29F2N3O2/c1-4-5-6-7-8-9-24-16(23)17(20,15(18)19)10-14-21-11-13(22-14)12(2)3/h11-12,15H,4-10,20H2,1-3H3,(H,21,22). The summed E-state index contributed by atoms with van der Waals surface area (Å²) in [6, 6.07) is 0. The first kappa shape index (κ1) is 20.5. The third kappa shape index (κ3) is 5.85. The Morgan fingerprint density at radius 3 is 2.54 bits per heavy atom. The van der Waals surface area contributed by atoms with E-state index in [1.165, 1.54) is 0 Å². The van der Waals surface area contributed by atoms with E-state index in [1.807, 2.05) is 13.8 Å². The molecular weight excluding hydrogens is 316 g/mol. The SMILES string of the molecule is CCCCCCCOC(=O)C(N)(Cc1ncc(C(C)C)[nH]1)C(F)F. The van der Waals surface area contributed by atoms with Gasteiger partial charge in [0, 0.05) is 18.3 Å². The second-order valence-electron chi connectivity index (χ2n) is 6.51. The Balaban J connectivity index is 2.60. The van der Waals surface area contributed by atoms with Crippen LogP contribution in [0.25, 0.3) is 0 Å². The fraction of sp³-hybridized carbons (Fsp3) is 0.765. The van der Waals surface area contributed by atoms with Gasteiger partial charge >= 0.3 is 5.97 Å². The molecule has 0 aliphatic rings. The van der Waals surface area contributed by atoms with Gasteiger partial charge in [-0.15, -0.1) is 0 Å². The predicted octanol–water partition coefficient (Wildman–Crippen LogP) is 3.55. The lowest BCUT2D eigenvalue weighted by Crippen LogP contribution is -2.57. The monoisotopic (exact) mass is 345 g/mol. The van der Waals surface area contributed by atoms with Crippen LogP contribution in [0.15, 0.2) is 6.20 Å². The number of aromatic amines is 1. The van der Waals surface area contributed by atoms with Crippen LogP contribution in [-0.4, -0.2) is 34.5 Å². The van der Waals surface area contributed by atoms with Crippen molar-refractivity contribution >= 4 is 5.97 Å². The molecule has 0 bridgehead atoms. The van der Waals surface area contributed by atoms with Crippen molar-refractivity contribution in [2.24, 2.45) is 5.73 Å². The van der Waals surface area contributed by atoms with Crippen molar-refractivity contribution in [1.29, 1.82) is 0 Å². The van der Waals surface area contributed by atoms with Crippen molar-refractivity contribution in [3.8, 4) is 0 Å². The number of esters is 1. The Morgan fingerprint density at radius 2 is 2.00 bits per heavy atom. The maximum absolute atomic E-state index is 13.4. The smallest absolute Gasteiger partial charge is 0.332 e. The zero-order valence-corrected chi connectivity index (χ0v) is 14.8. The second kappa shape index (κ2) is 9.71. The number of hydrogen-bond acceptors (Lipinski definition) is 4. The van der Waals surface area contributed by atoms with E-state index in [1.54, 1.807) is 6.20 Å². The van der Waals surface area contributed by atoms with E-state index in [4.69, 9.17) is 10.5 Å². The van der Waals surface area contributed by atoms with Gasteiger partial charge in [-0.2, -0.15) is 0 Å². The van der Waals surface area contributed by atoms with E-state index in [-0.39, 0.29) is 24.8 Å². The molecule has 24 heavy (non-hydrogen) atoms. The van der Waals surface area contributed by atoms with Gasteiger partial charge in [0.1, 0.15) is 5.82 Å². The number of nitrogens with two attached hydrogens (primary N) is 1. The summed E-state index contributed by atoms with van der Waals surface area (Å²) in [6.45, 7) is 6.12. The maximum atomic E-state index is 13.4. The summed E-state index contributed by atoms with van der Waals surface area (Å²) in [4.78, 5) is 19.0. The highest BCUT2D eigenvalue weighted by Crippen LogP contribution is 2.21. The number of hydrogen-bond donors (Lipinski definition) is 2. The summed E-state index contributed by atoms with van der Waals surface area (Å²) in [5.74, 6) is -0.628. The summed E-state index contributed by atoms with van der Waals surface area (Å²) in [6.07, 6.45) is 2.99. The van der Waals surface area contributed by atoms with Crippen LogP contribution >= 0.6 is 0 Å². The van der Waals surface area contributed by atoms with Crippen molar-refractivity contribution in [1.82, 2.24) is 9.97 Å². The minimum atomic E-state index is -3.03. The maximum Gasteiger partial charge on any atom is 0.332 e. The molecule has 1 unspecified atom stereocenters. The normalized spacial score (nSPS) is 14.2. The lowest BCUT2D eigenvalue weighted by Gasteiger charge is -2.25. The zero-order valence-electron chi connectivity index (χ0n) is 14.8. The van der Waals surface area contributed by atoms with Crippen LogP contribution in [0.1, 0.15) is 70.3 Å². The molecule has 0 radical (unpaired) electrons. The summed E-state index contributed by atoms with van der Waals surface area (Å²) >= 11 is 0. The van der Waals surface area contributed by atoms with Crippen LogP contribution in [0.3, 0.4) is 0 Å². The molecule has 1 aromatic heterocycles. The molecule has 0 fully saturated rings. The van der Waals surface area contributed by atoms with E-state index < -0.39 is 17.9 Å². The fourth-order valence-electron chi connectivity index (χ4n) is 2.28.